The van der Waals surface area contributed by atoms with Crippen molar-refractivity contribution in [3.63, 3.8) is 0 Å². The number of nitrogens with zero attached hydrogens (tertiary/aromatic N) is 6. The van der Waals surface area contributed by atoms with E-state index in [9.17, 15) is 9.90 Å². The number of rotatable bonds is 8. The maximum atomic E-state index is 11.9. The molecule has 0 spiro atoms. The minimum Gasteiger partial charge on any atom is -0.478 e. The first-order chi connectivity index (χ1) is 16.6. The highest BCUT2D eigenvalue weighted by molar-refractivity contribution is 6.32. The summed E-state index contributed by atoms with van der Waals surface area (Å²) in [6.45, 7) is 2.59. The van der Waals surface area contributed by atoms with Gasteiger partial charge in [-0.2, -0.15) is 0 Å². The van der Waals surface area contributed by atoms with E-state index in [0.717, 1.165) is 42.0 Å². The SMILES string of the molecule is CCCCc1nc2cccc(C(=O)O)c2n1Cc1ccc(-n2cccc2-c2nnn[nH]2)c(Cl)c1. The second-order valence-electron chi connectivity index (χ2n) is 8.00. The highest BCUT2D eigenvalue weighted by Gasteiger charge is 2.18. The summed E-state index contributed by atoms with van der Waals surface area (Å²) >= 11 is 6.72. The lowest BCUT2D eigenvalue weighted by atomic mass is 10.1. The average molecular weight is 476 g/mol. The van der Waals surface area contributed by atoms with Crippen LogP contribution in [0.3, 0.4) is 0 Å². The number of hydrogen-bond donors (Lipinski definition) is 2. The Kier molecular flexibility index (Phi) is 5.85. The third-order valence-corrected chi connectivity index (χ3v) is 6.08. The molecule has 3 heterocycles. The molecule has 0 bridgehead atoms. The van der Waals surface area contributed by atoms with E-state index in [4.69, 9.17) is 16.6 Å². The average Bonchev–Trinajstić information content (AvgIpc) is 3.58. The quantitative estimate of drug-likeness (QED) is 0.334. The summed E-state index contributed by atoms with van der Waals surface area (Å²) in [4.78, 5) is 16.7. The molecule has 2 aromatic carbocycles. The molecule has 5 aromatic rings. The van der Waals surface area contributed by atoms with E-state index in [1.54, 1.807) is 12.1 Å². The highest BCUT2D eigenvalue weighted by Crippen LogP contribution is 2.29. The number of aromatic amines is 1. The van der Waals surface area contributed by atoms with Crippen LogP contribution in [0, 0.1) is 0 Å². The summed E-state index contributed by atoms with van der Waals surface area (Å²) in [7, 11) is 0. The summed E-state index contributed by atoms with van der Waals surface area (Å²) in [5.41, 5.74) is 4.08. The van der Waals surface area contributed by atoms with E-state index in [1.807, 2.05) is 51.7 Å². The van der Waals surface area contributed by atoms with Gasteiger partial charge >= 0.3 is 5.97 Å². The van der Waals surface area contributed by atoms with Crippen LogP contribution in [0.2, 0.25) is 5.02 Å². The van der Waals surface area contributed by atoms with Crippen LogP contribution in [0.5, 0.6) is 0 Å². The molecule has 0 saturated heterocycles. The number of para-hydroxylation sites is 1. The molecule has 0 radical (unpaired) electrons. The van der Waals surface area contributed by atoms with E-state index >= 15 is 0 Å². The van der Waals surface area contributed by atoms with Gasteiger partial charge in [-0.05, 0) is 58.8 Å². The zero-order chi connectivity index (χ0) is 23.7. The summed E-state index contributed by atoms with van der Waals surface area (Å²) in [5, 5.41) is 24.4. The Morgan fingerprint density at radius 3 is 2.79 bits per heavy atom. The molecule has 0 aliphatic rings. The highest BCUT2D eigenvalue weighted by atomic mass is 35.5. The van der Waals surface area contributed by atoms with Gasteiger partial charge in [-0.15, -0.1) is 5.10 Å². The van der Waals surface area contributed by atoms with Crippen molar-refractivity contribution < 1.29 is 9.90 Å². The number of H-pyrrole nitrogens is 1. The Morgan fingerprint density at radius 2 is 2.06 bits per heavy atom. The normalized spacial score (nSPS) is 11.4. The van der Waals surface area contributed by atoms with Crippen LogP contribution in [0.1, 0.15) is 41.5 Å². The van der Waals surface area contributed by atoms with Gasteiger partial charge in [0.2, 0.25) is 0 Å². The lowest BCUT2D eigenvalue weighted by Crippen LogP contribution is -2.09. The van der Waals surface area contributed by atoms with Crippen molar-refractivity contribution in [2.75, 3.05) is 0 Å². The number of imidazole rings is 1. The number of aryl methyl sites for hydroxylation is 1. The first-order valence-electron chi connectivity index (χ1n) is 11.0. The fraction of sp³-hybridized carbons (Fsp3) is 0.208. The Bertz CT molecular complexity index is 1470. The van der Waals surface area contributed by atoms with Gasteiger partial charge in [0.25, 0.3) is 0 Å². The molecule has 0 unspecified atom stereocenters. The molecular formula is C24H22ClN7O2. The fourth-order valence-corrected chi connectivity index (χ4v) is 4.47. The molecule has 0 aliphatic carbocycles. The van der Waals surface area contributed by atoms with Crippen LogP contribution in [0.25, 0.3) is 28.2 Å². The summed E-state index contributed by atoms with van der Waals surface area (Å²) in [6.07, 6.45) is 4.66. The van der Waals surface area contributed by atoms with Crippen molar-refractivity contribution >= 4 is 28.6 Å². The van der Waals surface area contributed by atoms with Gasteiger partial charge in [-0.3, -0.25) is 0 Å². The van der Waals surface area contributed by atoms with Crippen LogP contribution in [0.15, 0.2) is 54.7 Å². The number of hydrogen-bond acceptors (Lipinski definition) is 5. The molecule has 0 amide bonds. The molecule has 10 heteroatoms. The molecule has 34 heavy (non-hydrogen) atoms. The van der Waals surface area contributed by atoms with Crippen LogP contribution in [-0.2, 0) is 13.0 Å². The topological polar surface area (TPSA) is 115 Å². The molecule has 0 fully saturated rings. The van der Waals surface area contributed by atoms with Crippen molar-refractivity contribution in [3.8, 4) is 17.2 Å². The van der Waals surface area contributed by atoms with Gasteiger partial charge in [0.05, 0.1) is 33.0 Å². The van der Waals surface area contributed by atoms with Gasteiger partial charge < -0.3 is 14.2 Å². The minimum absolute atomic E-state index is 0.244. The fourth-order valence-electron chi connectivity index (χ4n) is 4.18. The third kappa shape index (κ3) is 3.94. The van der Waals surface area contributed by atoms with E-state index in [2.05, 4.69) is 27.5 Å². The smallest absolute Gasteiger partial charge is 0.337 e. The molecule has 0 aliphatic heterocycles. The number of aromatic carboxylic acids is 1. The van der Waals surface area contributed by atoms with Crippen molar-refractivity contribution in [2.45, 2.75) is 32.7 Å². The number of benzene rings is 2. The van der Waals surface area contributed by atoms with E-state index in [1.165, 1.54) is 0 Å². The zero-order valence-electron chi connectivity index (χ0n) is 18.4. The number of nitrogens with one attached hydrogen (secondary N) is 1. The minimum atomic E-state index is -0.968. The van der Waals surface area contributed by atoms with Crippen molar-refractivity contribution in [2.24, 2.45) is 0 Å². The predicted molar refractivity (Wildman–Crippen MR) is 128 cm³/mol. The summed E-state index contributed by atoms with van der Waals surface area (Å²) in [6, 6.07) is 14.8. The number of halogens is 1. The largest absolute Gasteiger partial charge is 0.478 e. The molecule has 0 atom stereocenters. The monoisotopic (exact) mass is 475 g/mol. The lowest BCUT2D eigenvalue weighted by Gasteiger charge is -2.14. The number of tetrazole rings is 1. The summed E-state index contributed by atoms with van der Waals surface area (Å²) < 4.78 is 3.91. The van der Waals surface area contributed by atoms with Crippen molar-refractivity contribution in [3.05, 3.63) is 76.7 Å². The molecule has 3 aromatic heterocycles. The van der Waals surface area contributed by atoms with Gasteiger partial charge in [0, 0.05) is 19.2 Å². The van der Waals surface area contributed by atoms with E-state index in [0.29, 0.717) is 28.4 Å². The number of carboxylic acid groups (broad SMARTS) is 1. The third-order valence-electron chi connectivity index (χ3n) is 5.78. The lowest BCUT2D eigenvalue weighted by molar-refractivity contribution is 0.0698. The molecule has 9 nitrogen and oxygen atoms in total. The zero-order valence-corrected chi connectivity index (χ0v) is 19.2. The second kappa shape index (κ2) is 9.11. The molecule has 172 valence electrons. The molecule has 5 rings (SSSR count). The number of fused-ring (bicyclic) bond motifs is 1. The standard InChI is InChI=1S/C24H22ClN7O2/c1-2-3-9-21-26-18-7-4-6-16(24(33)34)22(18)32(21)14-15-10-11-19(17(25)13-15)31-12-5-8-20(31)23-27-29-30-28-23/h4-8,10-13H,2-3,9,14H2,1H3,(H,33,34)(H,27,28,29,30). The number of carboxylic acids is 1. The van der Waals surface area contributed by atoms with Crippen LogP contribution in [-0.4, -0.2) is 45.8 Å². The van der Waals surface area contributed by atoms with Crippen LogP contribution >= 0.6 is 11.6 Å². The maximum absolute atomic E-state index is 11.9. The molecule has 2 N–H and O–H groups in total. The number of carbonyl (C=O) groups is 1. The van der Waals surface area contributed by atoms with Crippen LogP contribution in [0.4, 0.5) is 0 Å². The van der Waals surface area contributed by atoms with Crippen LogP contribution < -0.4 is 0 Å². The maximum Gasteiger partial charge on any atom is 0.337 e. The van der Waals surface area contributed by atoms with Gasteiger partial charge in [-0.1, -0.05) is 37.1 Å². The Morgan fingerprint density at radius 1 is 1.18 bits per heavy atom. The van der Waals surface area contributed by atoms with E-state index < -0.39 is 5.97 Å². The van der Waals surface area contributed by atoms with E-state index in [-0.39, 0.29) is 5.56 Å². The van der Waals surface area contributed by atoms with Gasteiger partial charge in [0.15, 0.2) is 5.82 Å². The van der Waals surface area contributed by atoms with Crippen molar-refractivity contribution in [1.29, 1.82) is 0 Å². The first-order valence-corrected chi connectivity index (χ1v) is 11.4. The second-order valence-corrected chi connectivity index (χ2v) is 8.40. The van der Waals surface area contributed by atoms with Gasteiger partial charge in [-0.25, -0.2) is 14.9 Å². The Hall–Kier alpha value is -3.98. The molecule has 0 saturated carbocycles. The summed E-state index contributed by atoms with van der Waals surface area (Å²) in [5.74, 6) is 0.442. The predicted octanol–water partition coefficient (Wildman–Crippen LogP) is 4.75. The first kappa shape index (κ1) is 21.8. The Labute approximate surface area is 200 Å². The number of unbranched alkanes of at least 4 members (excludes halogenated alkanes) is 1. The Balaban J connectivity index is 1.55. The van der Waals surface area contributed by atoms with Gasteiger partial charge in [0.1, 0.15) is 5.82 Å². The molecular weight excluding hydrogens is 454 g/mol. The number of aromatic nitrogens is 7. The van der Waals surface area contributed by atoms with Crippen molar-refractivity contribution in [1.82, 2.24) is 34.7 Å².